The lowest BCUT2D eigenvalue weighted by molar-refractivity contribution is -0.139. The third-order valence-electron chi connectivity index (χ3n) is 1.85. The van der Waals surface area contributed by atoms with E-state index >= 15 is 0 Å². The van der Waals surface area contributed by atoms with Crippen molar-refractivity contribution in [2.75, 3.05) is 0 Å². The summed E-state index contributed by atoms with van der Waals surface area (Å²) < 4.78 is 41.0. The Morgan fingerprint density at radius 2 is 2.00 bits per heavy atom. The monoisotopic (exact) mass is 243 g/mol. The topological polar surface area (TPSA) is 39.2 Å². The van der Waals surface area contributed by atoms with E-state index in [-0.39, 0.29) is 18.2 Å². The molecule has 0 fully saturated rings. The molecule has 0 saturated heterocycles. The summed E-state index contributed by atoms with van der Waals surface area (Å²) in [7, 11) is 0. The molecule has 1 aromatic rings. The molecule has 0 aliphatic rings. The zero-order chi connectivity index (χ0) is 10.8. The van der Waals surface area contributed by atoms with Gasteiger partial charge in [-0.3, -0.25) is 0 Å². The molecule has 0 spiro atoms. The molecule has 15 heavy (non-hydrogen) atoms. The van der Waals surface area contributed by atoms with E-state index in [0.29, 0.717) is 12.2 Å². The lowest BCUT2D eigenvalue weighted by Crippen LogP contribution is -2.19. The van der Waals surface area contributed by atoms with Crippen LogP contribution in [0.3, 0.4) is 0 Å². The predicted molar refractivity (Wildman–Crippen MR) is 52.9 cm³/mol. The molecule has 0 unspecified atom stereocenters. The third kappa shape index (κ3) is 4.57. The summed E-state index contributed by atoms with van der Waals surface area (Å²) in [6.45, 7) is 1.86. The van der Waals surface area contributed by atoms with Gasteiger partial charge in [-0.15, -0.1) is 12.4 Å². The van der Waals surface area contributed by atoms with Gasteiger partial charge in [-0.2, -0.15) is 13.2 Å². The van der Waals surface area contributed by atoms with Crippen molar-refractivity contribution in [1.82, 2.24) is 0 Å². The van der Waals surface area contributed by atoms with Gasteiger partial charge in [-0.05, 0) is 12.1 Å². The quantitative estimate of drug-likeness (QED) is 0.885. The van der Waals surface area contributed by atoms with Gasteiger partial charge in [0, 0.05) is 6.42 Å². The largest absolute Gasteiger partial charge is 0.464 e. The predicted octanol–water partition coefficient (Wildman–Crippen LogP) is 3.22. The molecule has 2 N–H and O–H groups in total. The first-order valence-electron chi connectivity index (χ1n) is 4.33. The molecule has 6 heteroatoms. The van der Waals surface area contributed by atoms with E-state index in [1.165, 1.54) is 6.07 Å². The van der Waals surface area contributed by atoms with Gasteiger partial charge in [0.25, 0.3) is 0 Å². The van der Waals surface area contributed by atoms with Crippen LogP contribution in [0.4, 0.5) is 13.2 Å². The number of hydrogen-bond acceptors (Lipinski definition) is 2. The van der Waals surface area contributed by atoms with Crippen LogP contribution in [0.5, 0.6) is 0 Å². The van der Waals surface area contributed by atoms with Crippen LogP contribution in [-0.2, 0) is 6.42 Å². The van der Waals surface area contributed by atoms with Crippen molar-refractivity contribution >= 4 is 12.4 Å². The van der Waals surface area contributed by atoms with Crippen LogP contribution in [0.1, 0.15) is 30.9 Å². The van der Waals surface area contributed by atoms with Crippen LogP contribution in [0.25, 0.3) is 0 Å². The molecule has 1 aromatic heterocycles. The molecule has 0 aliphatic heterocycles. The molecule has 1 rings (SSSR count). The van der Waals surface area contributed by atoms with Gasteiger partial charge in [-0.25, -0.2) is 0 Å². The van der Waals surface area contributed by atoms with Crippen molar-refractivity contribution in [3.63, 3.8) is 0 Å². The summed E-state index contributed by atoms with van der Waals surface area (Å²) in [5.74, 6) is 0.844. The second kappa shape index (κ2) is 5.42. The fraction of sp³-hybridized carbons (Fsp3) is 0.556. The maximum Gasteiger partial charge on any atom is 0.391 e. The molecule has 0 bridgehead atoms. The minimum Gasteiger partial charge on any atom is -0.464 e. The van der Waals surface area contributed by atoms with Crippen molar-refractivity contribution in [3.8, 4) is 0 Å². The fourth-order valence-corrected chi connectivity index (χ4v) is 1.13. The molecule has 2 nitrogen and oxygen atoms in total. The lowest BCUT2D eigenvalue weighted by Gasteiger charge is -2.11. The SMILES string of the molecule is CCc1ccc([C@H](N)CC(F)(F)F)o1.Cl. The zero-order valence-corrected chi connectivity index (χ0v) is 8.99. The van der Waals surface area contributed by atoms with Crippen molar-refractivity contribution < 1.29 is 17.6 Å². The highest BCUT2D eigenvalue weighted by molar-refractivity contribution is 5.85. The van der Waals surface area contributed by atoms with Gasteiger partial charge >= 0.3 is 6.18 Å². The molecule has 0 saturated carbocycles. The van der Waals surface area contributed by atoms with Crippen molar-refractivity contribution in [2.24, 2.45) is 5.73 Å². The summed E-state index contributed by atoms with van der Waals surface area (Å²) in [6.07, 6.45) is -4.65. The summed E-state index contributed by atoms with van der Waals surface area (Å²) >= 11 is 0. The standard InChI is InChI=1S/C9H12F3NO.ClH/c1-2-6-3-4-8(14-6)7(13)5-9(10,11)12;/h3-4,7H,2,5,13H2,1H3;1H/t7-;/m1./s1. The van der Waals surface area contributed by atoms with Crippen LogP contribution >= 0.6 is 12.4 Å². The van der Waals surface area contributed by atoms with Crippen LogP contribution in [0.2, 0.25) is 0 Å². The van der Waals surface area contributed by atoms with Gasteiger partial charge in [0.05, 0.1) is 12.5 Å². The minimum absolute atomic E-state index is 0. The Morgan fingerprint density at radius 1 is 1.40 bits per heavy atom. The first-order chi connectivity index (χ1) is 6.42. The first-order valence-corrected chi connectivity index (χ1v) is 4.33. The Labute approximate surface area is 92.0 Å². The Morgan fingerprint density at radius 3 is 2.40 bits per heavy atom. The summed E-state index contributed by atoms with van der Waals surface area (Å²) in [4.78, 5) is 0. The number of nitrogens with two attached hydrogens (primary N) is 1. The van der Waals surface area contributed by atoms with E-state index in [1.54, 1.807) is 6.07 Å². The highest BCUT2D eigenvalue weighted by Gasteiger charge is 2.32. The highest BCUT2D eigenvalue weighted by Crippen LogP contribution is 2.28. The summed E-state index contributed by atoms with van der Waals surface area (Å²) in [5.41, 5.74) is 5.34. The maximum absolute atomic E-state index is 12.0. The van der Waals surface area contributed by atoms with Gasteiger partial charge in [0.15, 0.2) is 0 Å². The number of halogens is 4. The van der Waals surface area contributed by atoms with E-state index < -0.39 is 18.6 Å². The fourth-order valence-electron chi connectivity index (χ4n) is 1.13. The molecule has 0 radical (unpaired) electrons. The molecule has 88 valence electrons. The third-order valence-corrected chi connectivity index (χ3v) is 1.85. The Kier molecular flexibility index (Phi) is 5.17. The molecule has 0 aromatic carbocycles. The van der Waals surface area contributed by atoms with Crippen LogP contribution in [-0.4, -0.2) is 6.18 Å². The number of aryl methyl sites for hydroxylation is 1. The molecule has 1 atom stereocenters. The molecule has 1 heterocycles. The number of alkyl halides is 3. The van der Waals surface area contributed by atoms with Crippen molar-refractivity contribution in [2.45, 2.75) is 32.0 Å². The second-order valence-electron chi connectivity index (χ2n) is 3.08. The van der Waals surface area contributed by atoms with E-state index in [9.17, 15) is 13.2 Å². The Balaban J connectivity index is 0.00000196. The second-order valence-corrected chi connectivity index (χ2v) is 3.08. The molecule has 0 aliphatic carbocycles. The number of furan rings is 1. The minimum atomic E-state index is -4.25. The van der Waals surface area contributed by atoms with Gasteiger partial charge < -0.3 is 10.2 Å². The van der Waals surface area contributed by atoms with Gasteiger partial charge in [0.2, 0.25) is 0 Å². The lowest BCUT2D eigenvalue weighted by atomic mass is 10.1. The van der Waals surface area contributed by atoms with Crippen molar-refractivity contribution in [3.05, 3.63) is 23.7 Å². The maximum atomic E-state index is 12.0. The van der Waals surface area contributed by atoms with Crippen molar-refractivity contribution in [1.29, 1.82) is 0 Å². The summed E-state index contributed by atoms with van der Waals surface area (Å²) in [5, 5.41) is 0. The van der Waals surface area contributed by atoms with Crippen LogP contribution in [0.15, 0.2) is 16.5 Å². The van der Waals surface area contributed by atoms with Gasteiger partial charge in [-0.1, -0.05) is 6.92 Å². The Bertz CT molecular complexity index is 298. The molecular weight excluding hydrogens is 231 g/mol. The summed E-state index contributed by atoms with van der Waals surface area (Å²) in [6, 6.07) is 2.04. The highest BCUT2D eigenvalue weighted by atomic mass is 35.5. The molecular formula is C9H13ClF3NO. The van der Waals surface area contributed by atoms with E-state index in [0.717, 1.165) is 0 Å². The Hall–Kier alpha value is -0.680. The molecule has 0 amide bonds. The number of rotatable bonds is 3. The van der Waals surface area contributed by atoms with E-state index in [1.807, 2.05) is 6.92 Å². The number of hydrogen-bond donors (Lipinski definition) is 1. The van der Waals surface area contributed by atoms with E-state index in [4.69, 9.17) is 10.2 Å². The zero-order valence-electron chi connectivity index (χ0n) is 8.17. The van der Waals surface area contributed by atoms with Crippen LogP contribution < -0.4 is 5.73 Å². The van der Waals surface area contributed by atoms with Crippen LogP contribution in [0, 0.1) is 0 Å². The smallest absolute Gasteiger partial charge is 0.391 e. The average molecular weight is 244 g/mol. The first kappa shape index (κ1) is 14.3. The average Bonchev–Trinajstić information content (AvgIpc) is 2.48. The van der Waals surface area contributed by atoms with E-state index in [2.05, 4.69) is 0 Å². The normalized spacial score (nSPS) is 13.4. The van der Waals surface area contributed by atoms with Gasteiger partial charge in [0.1, 0.15) is 11.5 Å².